The minimum absolute atomic E-state index is 0.227. The van der Waals surface area contributed by atoms with Crippen molar-refractivity contribution in [3.63, 3.8) is 0 Å². The van der Waals surface area contributed by atoms with Crippen LogP contribution in [-0.4, -0.2) is 23.3 Å². The molecule has 0 spiro atoms. The Morgan fingerprint density at radius 2 is 2.05 bits per heavy atom. The van der Waals surface area contributed by atoms with Crippen LogP contribution >= 0.6 is 0 Å². The maximum absolute atomic E-state index is 6.12. The molecule has 1 aliphatic heterocycles. The number of rotatable bonds is 4. The van der Waals surface area contributed by atoms with E-state index in [0.717, 1.165) is 50.4 Å². The van der Waals surface area contributed by atoms with Crippen LogP contribution in [-0.2, 0) is 10.3 Å². The molecule has 1 aromatic rings. The lowest BCUT2D eigenvalue weighted by molar-refractivity contribution is -0.0957. The van der Waals surface area contributed by atoms with Crippen LogP contribution in [0.2, 0.25) is 0 Å². The van der Waals surface area contributed by atoms with E-state index in [0.29, 0.717) is 12.0 Å². The van der Waals surface area contributed by atoms with Crippen molar-refractivity contribution >= 4 is 0 Å². The average molecular weight is 293 g/mol. The van der Waals surface area contributed by atoms with E-state index in [1.165, 1.54) is 6.42 Å². The second-order valence-electron chi connectivity index (χ2n) is 7.20. The van der Waals surface area contributed by atoms with Crippen LogP contribution in [0.3, 0.4) is 0 Å². The Kier molecular flexibility index (Phi) is 4.06. The van der Waals surface area contributed by atoms with E-state index in [9.17, 15) is 0 Å². The van der Waals surface area contributed by atoms with Crippen molar-refractivity contribution in [1.29, 1.82) is 0 Å². The van der Waals surface area contributed by atoms with Crippen LogP contribution in [0.15, 0.2) is 4.52 Å². The van der Waals surface area contributed by atoms with Gasteiger partial charge in [0, 0.05) is 6.61 Å². The number of hydrogen-bond donors (Lipinski definition) is 1. The van der Waals surface area contributed by atoms with E-state index in [2.05, 4.69) is 29.3 Å². The van der Waals surface area contributed by atoms with Crippen LogP contribution in [0.5, 0.6) is 0 Å². The number of hydrogen-bond acceptors (Lipinski definition) is 5. The minimum atomic E-state index is -0.343. The Balaban J connectivity index is 1.81. The van der Waals surface area contributed by atoms with Crippen molar-refractivity contribution in [2.24, 2.45) is 5.41 Å². The molecule has 3 rings (SSSR count). The summed E-state index contributed by atoms with van der Waals surface area (Å²) in [5.74, 6) is 1.48. The molecule has 1 saturated carbocycles. The fourth-order valence-corrected chi connectivity index (χ4v) is 3.50. The summed E-state index contributed by atoms with van der Waals surface area (Å²) in [6, 6.07) is 0.227. The van der Waals surface area contributed by atoms with Crippen molar-refractivity contribution in [2.75, 3.05) is 13.2 Å². The molecule has 21 heavy (non-hydrogen) atoms. The van der Waals surface area contributed by atoms with Crippen molar-refractivity contribution in [3.8, 4) is 0 Å². The zero-order valence-electron chi connectivity index (χ0n) is 13.4. The van der Waals surface area contributed by atoms with Gasteiger partial charge in [-0.25, -0.2) is 0 Å². The third-order valence-corrected chi connectivity index (χ3v) is 5.04. The highest BCUT2D eigenvalue weighted by Crippen LogP contribution is 2.46. The van der Waals surface area contributed by atoms with Crippen LogP contribution in [0.1, 0.15) is 77.1 Å². The number of nitrogens with one attached hydrogen (secondary N) is 1. The molecule has 0 amide bonds. The quantitative estimate of drug-likeness (QED) is 0.922. The summed E-state index contributed by atoms with van der Waals surface area (Å²) in [6.07, 6.45) is 6.48. The van der Waals surface area contributed by atoms with Gasteiger partial charge in [0.05, 0.1) is 6.04 Å². The Morgan fingerprint density at radius 1 is 1.29 bits per heavy atom. The molecular formula is C16H27N3O2. The Morgan fingerprint density at radius 3 is 2.67 bits per heavy atom. The SMILES string of the molecule is CCOC1(c2noc(C3CCCN3)n2)CCC(C)(C)CC1. The minimum Gasteiger partial charge on any atom is -0.367 e. The highest BCUT2D eigenvalue weighted by Gasteiger charge is 2.44. The molecule has 2 aliphatic rings. The molecule has 1 atom stereocenters. The van der Waals surface area contributed by atoms with Gasteiger partial charge in [0.15, 0.2) is 0 Å². The molecule has 1 saturated heterocycles. The summed E-state index contributed by atoms with van der Waals surface area (Å²) in [5.41, 5.74) is 0.0464. The number of ether oxygens (including phenoxy) is 1. The third-order valence-electron chi connectivity index (χ3n) is 5.04. The Bertz CT molecular complexity index is 468. The fraction of sp³-hybridized carbons (Fsp3) is 0.875. The summed E-state index contributed by atoms with van der Waals surface area (Å²) >= 11 is 0. The highest BCUT2D eigenvalue weighted by atomic mass is 16.5. The highest BCUT2D eigenvalue weighted by molar-refractivity contribution is 5.07. The molecule has 1 unspecified atom stereocenters. The zero-order valence-corrected chi connectivity index (χ0v) is 13.4. The largest absolute Gasteiger partial charge is 0.367 e. The number of aromatic nitrogens is 2. The predicted molar refractivity (Wildman–Crippen MR) is 79.8 cm³/mol. The molecule has 1 N–H and O–H groups in total. The lowest BCUT2D eigenvalue weighted by Crippen LogP contribution is -2.38. The van der Waals surface area contributed by atoms with E-state index >= 15 is 0 Å². The summed E-state index contributed by atoms with van der Waals surface area (Å²) in [6.45, 7) is 8.42. The first kappa shape index (κ1) is 15.0. The van der Waals surface area contributed by atoms with Crippen LogP contribution in [0.25, 0.3) is 0 Å². The van der Waals surface area contributed by atoms with E-state index in [-0.39, 0.29) is 11.6 Å². The van der Waals surface area contributed by atoms with E-state index in [4.69, 9.17) is 9.26 Å². The van der Waals surface area contributed by atoms with Gasteiger partial charge in [-0.3, -0.25) is 0 Å². The normalized spacial score (nSPS) is 27.9. The molecule has 0 radical (unpaired) electrons. The fourth-order valence-electron chi connectivity index (χ4n) is 3.50. The van der Waals surface area contributed by atoms with Gasteiger partial charge in [0.1, 0.15) is 5.60 Å². The van der Waals surface area contributed by atoms with E-state index in [1.807, 2.05) is 6.92 Å². The molecular weight excluding hydrogens is 266 g/mol. The average Bonchev–Trinajstić information content (AvgIpc) is 3.11. The molecule has 1 aromatic heterocycles. The van der Waals surface area contributed by atoms with Gasteiger partial charge in [-0.05, 0) is 57.4 Å². The van der Waals surface area contributed by atoms with Crippen molar-refractivity contribution in [2.45, 2.75) is 70.9 Å². The molecule has 118 valence electrons. The maximum atomic E-state index is 6.12. The zero-order chi connectivity index (χ0) is 14.9. The second-order valence-corrected chi connectivity index (χ2v) is 7.20. The van der Waals surface area contributed by atoms with Gasteiger partial charge >= 0.3 is 0 Å². The standard InChI is InChI=1S/C16H27N3O2/c1-4-20-16(9-7-15(2,3)8-10-16)14-18-13(21-19-14)12-6-5-11-17-12/h12,17H,4-11H2,1-3H3. The van der Waals surface area contributed by atoms with Crippen molar-refractivity contribution in [3.05, 3.63) is 11.7 Å². The van der Waals surface area contributed by atoms with Gasteiger partial charge in [0.2, 0.25) is 11.7 Å². The molecule has 2 heterocycles. The Labute approximate surface area is 126 Å². The van der Waals surface area contributed by atoms with Crippen LogP contribution in [0, 0.1) is 5.41 Å². The van der Waals surface area contributed by atoms with Gasteiger partial charge in [0.25, 0.3) is 0 Å². The van der Waals surface area contributed by atoms with Crippen LogP contribution in [0.4, 0.5) is 0 Å². The topological polar surface area (TPSA) is 60.2 Å². The molecule has 1 aliphatic carbocycles. The van der Waals surface area contributed by atoms with Crippen LogP contribution < -0.4 is 5.32 Å². The van der Waals surface area contributed by atoms with Gasteiger partial charge in [-0.15, -0.1) is 0 Å². The first-order valence-corrected chi connectivity index (χ1v) is 8.26. The smallest absolute Gasteiger partial charge is 0.243 e. The number of nitrogens with zero attached hydrogens (tertiary/aromatic N) is 2. The van der Waals surface area contributed by atoms with Crippen molar-refractivity contribution in [1.82, 2.24) is 15.5 Å². The Hall–Kier alpha value is -0.940. The first-order valence-electron chi connectivity index (χ1n) is 8.26. The molecule has 0 aromatic carbocycles. The van der Waals surface area contributed by atoms with E-state index in [1.54, 1.807) is 0 Å². The lowest BCUT2D eigenvalue weighted by atomic mass is 9.70. The second kappa shape index (κ2) is 5.69. The van der Waals surface area contributed by atoms with Gasteiger partial charge < -0.3 is 14.6 Å². The molecule has 5 nitrogen and oxygen atoms in total. The predicted octanol–water partition coefficient (Wildman–Crippen LogP) is 3.33. The van der Waals surface area contributed by atoms with Gasteiger partial charge in [-0.2, -0.15) is 4.98 Å². The third kappa shape index (κ3) is 2.99. The first-order chi connectivity index (χ1) is 10.0. The maximum Gasteiger partial charge on any atom is 0.243 e. The van der Waals surface area contributed by atoms with E-state index < -0.39 is 0 Å². The summed E-state index contributed by atoms with van der Waals surface area (Å²) in [5, 5.41) is 7.68. The summed E-state index contributed by atoms with van der Waals surface area (Å²) in [7, 11) is 0. The van der Waals surface area contributed by atoms with Crippen molar-refractivity contribution < 1.29 is 9.26 Å². The molecule has 0 bridgehead atoms. The van der Waals surface area contributed by atoms with Gasteiger partial charge in [-0.1, -0.05) is 19.0 Å². The summed E-state index contributed by atoms with van der Waals surface area (Å²) in [4.78, 5) is 4.69. The lowest BCUT2D eigenvalue weighted by Gasteiger charge is -2.41. The summed E-state index contributed by atoms with van der Waals surface area (Å²) < 4.78 is 11.6. The monoisotopic (exact) mass is 293 g/mol. The molecule has 5 heteroatoms. The molecule has 2 fully saturated rings.